The van der Waals surface area contributed by atoms with Crippen LogP contribution in [0.2, 0.25) is 0 Å². The lowest BCUT2D eigenvalue weighted by atomic mass is 10.0. The molecule has 2 aromatic heterocycles. The summed E-state index contributed by atoms with van der Waals surface area (Å²) in [5.74, 6) is -0.817. The zero-order valence-corrected chi connectivity index (χ0v) is 25.0. The van der Waals surface area contributed by atoms with Crippen LogP contribution in [0.25, 0.3) is 21.9 Å². The Kier molecular flexibility index (Phi) is 11.4. The van der Waals surface area contributed by atoms with E-state index >= 15 is 0 Å². The standard InChI is InChI=1S/C35H43NO6/c1-3-5-7-9-11-13-19-36(20-14-12-10-8-6-4-2)27-17-15-25-21-29(34(39)41-31(25)23-27)33(38)30-22-26-16-18-28(37)24-32(26)42-35(30)40/h15-18,21-24,37H,3-14,19-20H2,1-2H3. The molecular weight excluding hydrogens is 530 g/mol. The van der Waals surface area contributed by atoms with Crippen LogP contribution in [0, 0.1) is 0 Å². The number of ketones is 1. The molecule has 0 aliphatic carbocycles. The normalized spacial score (nSPS) is 11.4. The first kappa shape index (κ1) is 31.1. The van der Waals surface area contributed by atoms with Gasteiger partial charge in [-0.15, -0.1) is 0 Å². The van der Waals surface area contributed by atoms with Gasteiger partial charge in [-0.1, -0.05) is 78.1 Å². The van der Waals surface area contributed by atoms with E-state index in [4.69, 9.17) is 8.83 Å². The topological polar surface area (TPSA) is 101 Å². The molecule has 0 atom stereocenters. The molecule has 7 heteroatoms. The molecule has 0 radical (unpaired) electrons. The number of rotatable bonds is 17. The van der Waals surface area contributed by atoms with Gasteiger partial charge in [0, 0.05) is 41.7 Å². The third-order valence-electron chi connectivity index (χ3n) is 7.86. The molecule has 0 aliphatic heterocycles. The highest BCUT2D eigenvalue weighted by molar-refractivity contribution is 6.10. The second kappa shape index (κ2) is 15.4. The van der Waals surface area contributed by atoms with Crippen LogP contribution in [-0.4, -0.2) is 24.0 Å². The summed E-state index contributed by atoms with van der Waals surface area (Å²) in [6, 6.07) is 12.9. The zero-order chi connectivity index (χ0) is 29.9. The van der Waals surface area contributed by atoms with E-state index in [9.17, 15) is 19.5 Å². The van der Waals surface area contributed by atoms with Crippen molar-refractivity contribution in [3.05, 3.63) is 80.5 Å². The maximum atomic E-state index is 13.3. The van der Waals surface area contributed by atoms with E-state index in [2.05, 4.69) is 18.7 Å². The third-order valence-corrected chi connectivity index (χ3v) is 7.86. The summed E-state index contributed by atoms with van der Waals surface area (Å²) in [4.78, 5) is 41.2. The Morgan fingerprint density at radius 3 is 1.67 bits per heavy atom. The molecule has 0 fully saturated rings. The Morgan fingerprint density at radius 2 is 1.12 bits per heavy atom. The Balaban J connectivity index is 1.54. The lowest BCUT2D eigenvalue weighted by Crippen LogP contribution is -2.26. The molecule has 224 valence electrons. The number of phenols is 1. The summed E-state index contributed by atoms with van der Waals surface area (Å²) >= 11 is 0. The van der Waals surface area contributed by atoms with Crippen molar-refractivity contribution in [2.75, 3.05) is 18.0 Å². The smallest absolute Gasteiger partial charge is 0.347 e. The van der Waals surface area contributed by atoms with Crippen molar-refractivity contribution >= 4 is 33.4 Å². The number of anilines is 1. The van der Waals surface area contributed by atoms with Crippen molar-refractivity contribution < 1.29 is 18.7 Å². The molecule has 4 rings (SSSR count). The van der Waals surface area contributed by atoms with Crippen LogP contribution in [0.4, 0.5) is 5.69 Å². The van der Waals surface area contributed by atoms with Crippen LogP contribution >= 0.6 is 0 Å². The van der Waals surface area contributed by atoms with Gasteiger partial charge >= 0.3 is 11.3 Å². The number of hydrogen-bond acceptors (Lipinski definition) is 7. The number of hydrogen-bond donors (Lipinski definition) is 1. The second-order valence-corrected chi connectivity index (χ2v) is 11.2. The molecular formula is C35H43NO6. The van der Waals surface area contributed by atoms with Gasteiger partial charge < -0.3 is 18.8 Å². The first-order valence-corrected chi connectivity index (χ1v) is 15.6. The fourth-order valence-electron chi connectivity index (χ4n) is 5.39. The molecule has 0 aliphatic rings. The van der Waals surface area contributed by atoms with Gasteiger partial charge in [0.1, 0.15) is 28.0 Å². The summed E-state index contributed by atoms with van der Waals surface area (Å²) in [5.41, 5.74) is -0.601. The molecule has 7 nitrogen and oxygen atoms in total. The summed E-state index contributed by atoms with van der Waals surface area (Å²) in [7, 11) is 0. The van der Waals surface area contributed by atoms with Gasteiger partial charge in [0.2, 0.25) is 5.78 Å². The van der Waals surface area contributed by atoms with E-state index in [1.165, 1.54) is 94.5 Å². The maximum Gasteiger partial charge on any atom is 0.347 e. The van der Waals surface area contributed by atoms with Crippen molar-refractivity contribution in [2.45, 2.75) is 90.9 Å². The Hall–Kier alpha value is -3.87. The van der Waals surface area contributed by atoms with Gasteiger partial charge in [-0.05, 0) is 49.2 Å². The van der Waals surface area contributed by atoms with E-state index < -0.39 is 17.0 Å². The second-order valence-electron chi connectivity index (χ2n) is 11.2. The number of aromatic hydroxyl groups is 1. The van der Waals surface area contributed by atoms with Gasteiger partial charge in [0.15, 0.2) is 0 Å². The Labute approximate surface area is 247 Å². The average Bonchev–Trinajstić information content (AvgIpc) is 2.98. The molecule has 2 heterocycles. The number of fused-ring (bicyclic) bond motifs is 2. The predicted octanol–water partition coefficient (Wildman–Crippen LogP) is 8.36. The highest BCUT2D eigenvalue weighted by Crippen LogP contribution is 2.25. The number of carbonyl (C=O) groups is 1. The molecule has 0 unspecified atom stereocenters. The minimum absolute atomic E-state index is 0.0585. The largest absolute Gasteiger partial charge is 0.508 e. The summed E-state index contributed by atoms with van der Waals surface area (Å²) in [6.07, 6.45) is 14.7. The van der Waals surface area contributed by atoms with E-state index in [0.29, 0.717) is 16.4 Å². The SMILES string of the molecule is CCCCCCCCN(CCCCCCCC)c1ccc2cc(C(=O)c3cc4ccc(O)cc4oc3=O)c(=O)oc2c1. The van der Waals surface area contributed by atoms with Crippen molar-refractivity contribution in [1.29, 1.82) is 0 Å². The first-order valence-electron chi connectivity index (χ1n) is 15.6. The first-order chi connectivity index (χ1) is 20.4. The van der Waals surface area contributed by atoms with Crippen molar-refractivity contribution in [3.63, 3.8) is 0 Å². The minimum atomic E-state index is -0.882. The third kappa shape index (κ3) is 8.11. The number of phenolic OH excluding ortho intramolecular Hbond substituents is 1. The summed E-state index contributed by atoms with van der Waals surface area (Å²) in [6.45, 7) is 6.35. The number of benzene rings is 2. The fraction of sp³-hybridized carbons (Fsp3) is 0.457. The van der Waals surface area contributed by atoms with Crippen LogP contribution in [0.1, 0.15) is 107 Å². The number of nitrogens with zero attached hydrogens (tertiary/aromatic N) is 1. The summed E-state index contributed by atoms with van der Waals surface area (Å²) < 4.78 is 10.9. The van der Waals surface area contributed by atoms with E-state index in [1.54, 1.807) is 0 Å². The van der Waals surface area contributed by atoms with Crippen LogP contribution in [0.15, 0.2) is 67.0 Å². The minimum Gasteiger partial charge on any atom is -0.508 e. The number of unbranched alkanes of at least 4 members (excludes halogenated alkanes) is 10. The van der Waals surface area contributed by atoms with Crippen LogP contribution in [0.5, 0.6) is 5.75 Å². The number of carbonyl (C=O) groups excluding carboxylic acids is 1. The lowest BCUT2D eigenvalue weighted by molar-refractivity contribution is 0.103. The van der Waals surface area contributed by atoms with Gasteiger partial charge in [-0.3, -0.25) is 4.79 Å². The van der Waals surface area contributed by atoms with Gasteiger partial charge in [0.25, 0.3) is 0 Å². The van der Waals surface area contributed by atoms with E-state index in [1.807, 2.05) is 18.2 Å². The van der Waals surface area contributed by atoms with Crippen molar-refractivity contribution in [1.82, 2.24) is 0 Å². The van der Waals surface area contributed by atoms with Crippen LogP contribution in [0.3, 0.4) is 0 Å². The van der Waals surface area contributed by atoms with Gasteiger partial charge in [-0.25, -0.2) is 9.59 Å². The molecule has 42 heavy (non-hydrogen) atoms. The summed E-state index contributed by atoms with van der Waals surface area (Å²) in [5, 5.41) is 10.7. The molecule has 2 aromatic carbocycles. The van der Waals surface area contributed by atoms with Crippen molar-refractivity contribution in [2.24, 2.45) is 0 Å². The molecule has 0 bridgehead atoms. The lowest BCUT2D eigenvalue weighted by Gasteiger charge is -2.25. The van der Waals surface area contributed by atoms with Crippen LogP contribution < -0.4 is 16.2 Å². The zero-order valence-electron chi connectivity index (χ0n) is 25.0. The molecule has 0 saturated carbocycles. The highest BCUT2D eigenvalue weighted by Gasteiger charge is 2.21. The van der Waals surface area contributed by atoms with Gasteiger partial charge in [-0.2, -0.15) is 0 Å². The molecule has 0 amide bonds. The Morgan fingerprint density at radius 1 is 0.643 bits per heavy atom. The molecule has 1 N–H and O–H groups in total. The van der Waals surface area contributed by atoms with Crippen molar-refractivity contribution in [3.8, 4) is 5.75 Å². The fourth-order valence-corrected chi connectivity index (χ4v) is 5.39. The quantitative estimate of drug-likeness (QED) is 0.0769. The van der Waals surface area contributed by atoms with E-state index in [0.717, 1.165) is 31.6 Å². The van der Waals surface area contributed by atoms with Crippen LogP contribution in [-0.2, 0) is 0 Å². The van der Waals surface area contributed by atoms with Gasteiger partial charge in [0.05, 0.1) is 0 Å². The predicted molar refractivity (Wildman–Crippen MR) is 169 cm³/mol. The van der Waals surface area contributed by atoms with E-state index in [-0.39, 0.29) is 22.5 Å². The molecule has 4 aromatic rings. The molecule has 0 saturated heterocycles. The average molecular weight is 574 g/mol. The maximum absolute atomic E-state index is 13.3. The molecule has 0 spiro atoms. The highest BCUT2D eigenvalue weighted by atomic mass is 16.4. The Bertz CT molecular complexity index is 1590. The monoisotopic (exact) mass is 573 g/mol.